The van der Waals surface area contributed by atoms with Gasteiger partial charge in [-0.05, 0) is 38.2 Å². The number of aromatic nitrogens is 5. The van der Waals surface area contributed by atoms with E-state index in [2.05, 4.69) is 24.7 Å². The van der Waals surface area contributed by atoms with E-state index in [9.17, 15) is 4.79 Å². The molecule has 1 fully saturated rings. The van der Waals surface area contributed by atoms with E-state index in [1.807, 2.05) is 11.8 Å². The first-order chi connectivity index (χ1) is 15.6. The summed E-state index contributed by atoms with van der Waals surface area (Å²) in [6.45, 7) is 3.89. The highest BCUT2D eigenvalue weighted by molar-refractivity contribution is 7.20. The Balaban J connectivity index is 1.51. The number of carbonyl (C=O) groups is 1. The summed E-state index contributed by atoms with van der Waals surface area (Å²) in [4.78, 5) is 26.2. The van der Waals surface area contributed by atoms with Crippen LogP contribution in [0.3, 0.4) is 0 Å². The number of fused-ring (bicyclic) bond motifs is 2. The predicted octanol–water partition coefficient (Wildman–Crippen LogP) is 3.45. The fourth-order valence-corrected chi connectivity index (χ4v) is 6.00. The van der Waals surface area contributed by atoms with Crippen molar-refractivity contribution < 1.29 is 14.3 Å². The maximum absolute atomic E-state index is 13.8. The molecule has 5 rings (SSSR count). The van der Waals surface area contributed by atoms with Gasteiger partial charge in [0.25, 0.3) is 5.91 Å². The molecule has 5 heterocycles. The molecule has 0 radical (unpaired) electrons. The SMILES string of the molecule is COCc1nc(OC)c2c(C)c(C(=O)N3CCCC3c3nnc4n3CCCCC4)sc2n1. The molecule has 0 spiro atoms. The Hall–Kier alpha value is -2.59. The topological polar surface area (TPSA) is 95.3 Å². The van der Waals surface area contributed by atoms with Crippen LogP contribution in [-0.2, 0) is 24.3 Å². The van der Waals surface area contributed by atoms with Gasteiger partial charge in [0, 0.05) is 26.6 Å². The van der Waals surface area contributed by atoms with Crippen molar-refractivity contribution in [1.29, 1.82) is 0 Å². The number of carbonyl (C=O) groups excluding carboxylic acids is 1. The van der Waals surface area contributed by atoms with E-state index in [4.69, 9.17) is 9.47 Å². The Morgan fingerprint density at radius 3 is 2.81 bits per heavy atom. The zero-order valence-corrected chi connectivity index (χ0v) is 19.6. The second kappa shape index (κ2) is 8.74. The summed E-state index contributed by atoms with van der Waals surface area (Å²) in [5.74, 6) is 3.04. The molecule has 1 atom stereocenters. The van der Waals surface area contributed by atoms with Crippen LogP contribution in [0, 0.1) is 6.92 Å². The molecular weight excluding hydrogens is 428 g/mol. The molecule has 0 saturated carbocycles. The van der Waals surface area contributed by atoms with Crippen molar-refractivity contribution in [3.8, 4) is 5.88 Å². The quantitative estimate of drug-likeness (QED) is 0.580. The fraction of sp³-hybridized carbons (Fsp3) is 0.591. The van der Waals surface area contributed by atoms with E-state index in [-0.39, 0.29) is 11.9 Å². The fourth-order valence-electron chi connectivity index (χ4n) is 4.85. The third-order valence-corrected chi connectivity index (χ3v) is 7.59. The van der Waals surface area contributed by atoms with Crippen LogP contribution in [0.25, 0.3) is 10.2 Å². The van der Waals surface area contributed by atoms with Crippen molar-refractivity contribution in [2.24, 2.45) is 0 Å². The first-order valence-corrected chi connectivity index (χ1v) is 12.0. The van der Waals surface area contributed by atoms with Gasteiger partial charge in [0.2, 0.25) is 5.88 Å². The number of likely N-dealkylation sites (tertiary alicyclic amines) is 1. The van der Waals surface area contributed by atoms with Crippen molar-refractivity contribution in [2.75, 3.05) is 20.8 Å². The molecule has 0 aliphatic carbocycles. The number of ether oxygens (including phenoxy) is 2. The van der Waals surface area contributed by atoms with Gasteiger partial charge >= 0.3 is 0 Å². The number of rotatable bonds is 5. The summed E-state index contributed by atoms with van der Waals surface area (Å²) in [5, 5.41) is 9.80. The van der Waals surface area contributed by atoms with E-state index in [0.29, 0.717) is 23.2 Å². The summed E-state index contributed by atoms with van der Waals surface area (Å²) in [6, 6.07) is -0.0384. The first-order valence-electron chi connectivity index (χ1n) is 11.2. The van der Waals surface area contributed by atoms with Gasteiger partial charge in [-0.25, -0.2) is 4.98 Å². The molecule has 0 aromatic carbocycles. The van der Waals surface area contributed by atoms with Crippen LogP contribution >= 0.6 is 11.3 Å². The molecular formula is C22H28N6O3S. The Kier molecular flexibility index (Phi) is 5.81. The summed E-state index contributed by atoms with van der Waals surface area (Å²) in [5.41, 5.74) is 0.863. The third kappa shape index (κ3) is 3.55. The number of hydrogen-bond donors (Lipinski definition) is 0. The van der Waals surface area contributed by atoms with Gasteiger partial charge in [0.05, 0.1) is 23.4 Å². The number of nitrogens with zero attached hydrogens (tertiary/aromatic N) is 6. The van der Waals surface area contributed by atoms with Crippen LogP contribution in [0.1, 0.15) is 70.9 Å². The lowest BCUT2D eigenvalue weighted by molar-refractivity contribution is 0.0731. The van der Waals surface area contributed by atoms with Crippen LogP contribution < -0.4 is 4.74 Å². The van der Waals surface area contributed by atoms with Gasteiger partial charge < -0.3 is 18.9 Å². The summed E-state index contributed by atoms with van der Waals surface area (Å²) < 4.78 is 13.0. The van der Waals surface area contributed by atoms with Crippen molar-refractivity contribution >= 4 is 27.5 Å². The first kappa shape index (κ1) is 21.3. The molecule has 170 valence electrons. The average Bonchev–Trinajstić information content (AvgIpc) is 3.46. The molecule has 10 heteroatoms. The molecule has 1 unspecified atom stereocenters. The number of amides is 1. The van der Waals surface area contributed by atoms with Gasteiger partial charge in [-0.3, -0.25) is 4.79 Å². The molecule has 2 aliphatic heterocycles. The van der Waals surface area contributed by atoms with Crippen LogP contribution in [0.15, 0.2) is 0 Å². The van der Waals surface area contributed by atoms with E-state index in [1.54, 1.807) is 14.2 Å². The summed E-state index contributed by atoms with van der Waals surface area (Å²) in [7, 11) is 3.19. The third-order valence-electron chi connectivity index (χ3n) is 6.41. The van der Waals surface area contributed by atoms with Gasteiger partial charge in [0.1, 0.15) is 17.3 Å². The van der Waals surface area contributed by atoms with E-state index in [1.165, 1.54) is 17.8 Å². The molecule has 1 saturated heterocycles. The lowest BCUT2D eigenvalue weighted by Crippen LogP contribution is -2.32. The minimum absolute atomic E-state index is 0.0225. The lowest BCUT2D eigenvalue weighted by atomic mass is 10.1. The smallest absolute Gasteiger partial charge is 0.264 e. The number of thiophene rings is 1. The Bertz CT molecular complexity index is 1160. The molecule has 3 aromatic rings. The van der Waals surface area contributed by atoms with E-state index in [0.717, 1.165) is 72.6 Å². The summed E-state index contributed by atoms with van der Waals surface area (Å²) >= 11 is 1.40. The maximum atomic E-state index is 13.8. The van der Waals surface area contributed by atoms with Crippen molar-refractivity contribution in [3.05, 3.63) is 27.9 Å². The Labute approximate surface area is 190 Å². The van der Waals surface area contributed by atoms with Crippen molar-refractivity contribution in [1.82, 2.24) is 29.6 Å². The van der Waals surface area contributed by atoms with Crippen LogP contribution in [0.2, 0.25) is 0 Å². The second-order valence-electron chi connectivity index (χ2n) is 8.41. The van der Waals surface area contributed by atoms with Crippen molar-refractivity contribution in [2.45, 2.75) is 64.6 Å². The normalized spacial score (nSPS) is 18.7. The minimum atomic E-state index is -0.0384. The largest absolute Gasteiger partial charge is 0.480 e. The van der Waals surface area contributed by atoms with Crippen LogP contribution in [0.5, 0.6) is 5.88 Å². The molecule has 32 heavy (non-hydrogen) atoms. The van der Waals surface area contributed by atoms with Crippen LogP contribution in [-0.4, -0.2) is 56.3 Å². The zero-order valence-electron chi connectivity index (χ0n) is 18.8. The number of methoxy groups -OCH3 is 2. The van der Waals surface area contributed by atoms with Gasteiger partial charge in [0.15, 0.2) is 11.6 Å². The highest BCUT2D eigenvalue weighted by atomic mass is 32.1. The van der Waals surface area contributed by atoms with Crippen LogP contribution in [0.4, 0.5) is 0 Å². The Morgan fingerprint density at radius 2 is 2.00 bits per heavy atom. The number of hydrogen-bond acceptors (Lipinski definition) is 8. The molecule has 0 N–H and O–H groups in total. The van der Waals surface area contributed by atoms with E-state index < -0.39 is 0 Å². The highest BCUT2D eigenvalue weighted by Crippen LogP contribution is 2.39. The zero-order chi connectivity index (χ0) is 22.2. The standard InChI is InChI=1S/C22H28N6O3S/c1-13-17-20(31-3)23-15(12-30-2)24-21(17)32-18(13)22(29)27-11-7-8-14(27)19-26-25-16-9-5-4-6-10-28(16)19/h14H,4-12H2,1-3H3. The van der Waals surface area contributed by atoms with Crippen molar-refractivity contribution in [3.63, 3.8) is 0 Å². The average molecular weight is 457 g/mol. The lowest BCUT2D eigenvalue weighted by Gasteiger charge is -2.24. The molecule has 3 aromatic heterocycles. The van der Waals surface area contributed by atoms with Gasteiger partial charge in [-0.1, -0.05) is 6.42 Å². The highest BCUT2D eigenvalue weighted by Gasteiger charge is 2.36. The van der Waals surface area contributed by atoms with Gasteiger partial charge in [-0.15, -0.1) is 21.5 Å². The molecule has 9 nitrogen and oxygen atoms in total. The van der Waals surface area contributed by atoms with E-state index >= 15 is 0 Å². The minimum Gasteiger partial charge on any atom is -0.480 e. The molecule has 1 amide bonds. The molecule has 0 bridgehead atoms. The van der Waals surface area contributed by atoms with Gasteiger partial charge in [-0.2, -0.15) is 4.98 Å². The summed E-state index contributed by atoms with van der Waals surface area (Å²) in [6.07, 6.45) is 6.34. The predicted molar refractivity (Wildman–Crippen MR) is 120 cm³/mol. The Morgan fingerprint density at radius 1 is 1.12 bits per heavy atom. The maximum Gasteiger partial charge on any atom is 0.264 e. The second-order valence-corrected chi connectivity index (χ2v) is 9.41. The monoisotopic (exact) mass is 456 g/mol. The number of aryl methyl sites for hydroxylation is 2. The molecule has 2 aliphatic rings.